The first-order valence-electron chi connectivity index (χ1n) is 21.5. The minimum absolute atomic E-state index is 0.0949. The van der Waals surface area contributed by atoms with Gasteiger partial charge in [0.1, 0.15) is 0 Å². The lowest BCUT2D eigenvalue weighted by molar-refractivity contribution is -0.119. The Labute approximate surface area is 352 Å². The van der Waals surface area contributed by atoms with Crippen LogP contribution in [0.1, 0.15) is 94.4 Å². The summed E-state index contributed by atoms with van der Waals surface area (Å²) in [5.74, 6) is 0.462. The average Bonchev–Trinajstić information content (AvgIpc) is 3.20. The Balaban J connectivity index is 1.24. The number of ketones is 1. The predicted octanol–water partition coefficient (Wildman–Crippen LogP) is 9.79. The smallest absolute Gasteiger partial charge is 0.261 e. The van der Waals surface area contributed by atoms with Crippen LogP contribution in [0.5, 0.6) is 0 Å². The molecule has 0 saturated heterocycles. The first-order valence-corrected chi connectivity index (χ1v) is 25.3. The van der Waals surface area contributed by atoms with Crippen LogP contribution in [0.4, 0.5) is 0 Å². The van der Waals surface area contributed by atoms with Gasteiger partial charge in [0, 0.05) is 5.57 Å². The second-order valence-corrected chi connectivity index (χ2v) is 28.4. The van der Waals surface area contributed by atoms with Crippen molar-refractivity contribution in [3.8, 4) is 0 Å². The van der Waals surface area contributed by atoms with Gasteiger partial charge in [0.2, 0.25) is 0 Å². The van der Waals surface area contributed by atoms with Crippen molar-refractivity contribution in [1.82, 2.24) is 0 Å². The zero-order valence-corrected chi connectivity index (χ0v) is 38.7. The predicted molar refractivity (Wildman–Crippen MR) is 247 cm³/mol. The molecule has 308 valence electrons. The van der Waals surface area contributed by atoms with Crippen molar-refractivity contribution in [1.29, 1.82) is 0 Å². The monoisotopic (exact) mass is 812 g/mol. The highest BCUT2D eigenvalue weighted by Crippen LogP contribution is 2.62. The average molecular weight is 813 g/mol. The van der Waals surface area contributed by atoms with Crippen molar-refractivity contribution in [3.05, 3.63) is 145 Å². The van der Waals surface area contributed by atoms with Gasteiger partial charge in [-0.3, -0.25) is 4.79 Å². The summed E-state index contributed by atoms with van der Waals surface area (Å²) in [5.41, 5.74) is 1.33. The van der Waals surface area contributed by atoms with E-state index in [0.29, 0.717) is 24.9 Å². The second kappa shape index (κ2) is 17.1. The maximum atomic E-state index is 14.2. The van der Waals surface area contributed by atoms with Crippen molar-refractivity contribution >= 4 is 43.2 Å². The fraction of sp³-hybridized carbons (Fsp3) is 0.442. The van der Waals surface area contributed by atoms with Crippen LogP contribution < -0.4 is 20.7 Å². The van der Waals surface area contributed by atoms with Crippen molar-refractivity contribution in [2.45, 2.75) is 111 Å². The van der Waals surface area contributed by atoms with Crippen molar-refractivity contribution in [2.75, 3.05) is 13.2 Å². The summed E-state index contributed by atoms with van der Waals surface area (Å²) in [4.78, 5) is 14.2. The van der Waals surface area contributed by atoms with E-state index in [0.717, 1.165) is 36.1 Å². The Morgan fingerprint density at radius 3 is 1.55 bits per heavy atom. The number of aliphatic hydroxyl groups excluding tert-OH is 1. The fourth-order valence-corrected chi connectivity index (χ4v) is 20.1. The molecule has 2 aliphatic carbocycles. The molecule has 1 N–H and O–H groups in total. The molecule has 5 atom stereocenters. The number of Topliss-reactive ketones (excluding diaryl/α,β-unsaturated/α-hetero) is 1. The summed E-state index contributed by atoms with van der Waals surface area (Å²) in [6.45, 7) is 25.5. The van der Waals surface area contributed by atoms with E-state index in [2.05, 4.69) is 160 Å². The quantitative estimate of drug-likeness (QED) is 0.0783. The molecule has 4 aromatic rings. The molecule has 0 aromatic heterocycles. The third kappa shape index (κ3) is 8.00. The number of rotatable bonds is 14. The lowest BCUT2D eigenvalue weighted by atomic mass is 9.46. The van der Waals surface area contributed by atoms with Gasteiger partial charge in [-0.2, -0.15) is 0 Å². The summed E-state index contributed by atoms with van der Waals surface area (Å²) < 4.78 is 14.6. The van der Waals surface area contributed by atoms with Crippen LogP contribution in [0.15, 0.2) is 145 Å². The minimum Gasteiger partial charge on any atom is -0.403 e. The zero-order valence-electron chi connectivity index (χ0n) is 36.7. The second-order valence-electron chi connectivity index (χ2n) is 19.8. The molecule has 2 aliphatic rings. The maximum absolute atomic E-state index is 14.2. The van der Waals surface area contributed by atoms with E-state index in [1.807, 2.05) is 36.4 Å². The lowest BCUT2D eigenvalue weighted by Crippen LogP contribution is -2.67. The summed E-state index contributed by atoms with van der Waals surface area (Å²) in [6, 6.07) is 42.6. The number of carbonyl (C=O) groups is 1. The molecule has 0 bridgehead atoms. The van der Waals surface area contributed by atoms with Gasteiger partial charge in [-0.05, 0) is 91.2 Å². The van der Waals surface area contributed by atoms with Crippen LogP contribution in [0, 0.1) is 22.7 Å². The molecular weight excluding hydrogens is 745 g/mol. The highest BCUT2D eigenvalue weighted by molar-refractivity contribution is 7.00. The molecule has 0 aliphatic heterocycles. The Morgan fingerprint density at radius 1 is 0.724 bits per heavy atom. The molecule has 4 nitrogen and oxygen atoms in total. The fourth-order valence-electron chi connectivity index (χ4n) is 11.1. The lowest BCUT2D eigenvalue weighted by Gasteiger charge is -2.59. The number of allylic oxidation sites excluding steroid dienone is 1. The molecule has 6 heteroatoms. The van der Waals surface area contributed by atoms with Gasteiger partial charge in [-0.1, -0.05) is 196 Å². The van der Waals surface area contributed by atoms with Crippen molar-refractivity contribution in [3.63, 3.8) is 0 Å². The summed E-state index contributed by atoms with van der Waals surface area (Å²) in [7, 11) is -5.68. The van der Waals surface area contributed by atoms with Gasteiger partial charge < -0.3 is 14.0 Å². The van der Waals surface area contributed by atoms with Crippen molar-refractivity contribution < 1.29 is 18.8 Å². The molecule has 1 saturated carbocycles. The first-order chi connectivity index (χ1) is 27.4. The van der Waals surface area contributed by atoms with E-state index in [1.54, 1.807) is 0 Å². The van der Waals surface area contributed by atoms with E-state index in [-0.39, 0.29) is 38.9 Å². The van der Waals surface area contributed by atoms with E-state index in [4.69, 9.17) is 8.85 Å². The van der Waals surface area contributed by atoms with Crippen molar-refractivity contribution in [2.24, 2.45) is 22.7 Å². The minimum atomic E-state index is -2.94. The summed E-state index contributed by atoms with van der Waals surface area (Å²) in [6.07, 6.45) is 6.13. The van der Waals surface area contributed by atoms with Crippen LogP contribution in [0.25, 0.3) is 0 Å². The number of benzene rings is 4. The number of fused-ring (bicyclic) bond motifs is 1. The number of hydrogen-bond donors (Lipinski definition) is 1. The van der Waals surface area contributed by atoms with Crippen LogP contribution in [0.3, 0.4) is 0 Å². The van der Waals surface area contributed by atoms with Crippen LogP contribution in [-0.4, -0.2) is 46.8 Å². The third-order valence-corrected chi connectivity index (χ3v) is 24.4. The molecule has 0 spiro atoms. The van der Waals surface area contributed by atoms with Gasteiger partial charge in [0.25, 0.3) is 16.6 Å². The molecule has 0 radical (unpaired) electrons. The normalized spacial score (nSPS) is 23.4. The van der Waals surface area contributed by atoms with Gasteiger partial charge in [-0.15, -0.1) is 0 Å². The van der Waals surface area contributed by atoms with Gasteiger partial charge >= 0.3 is 0 Å². The number of hydrogen-bond acceptors (Lipinski definition) is 4. The zero-order chi connectivity index (χ0) is 42.0. The van der Waals surface area contributed by atoms with Gasteiger partial charge in [0.05, 0.1) is 19.3 Å². The SMILES string of the molecule is C=C(C(=O)CO[Si](c1ccccc1)(c1ccccc1)C(C)(C)C)[C@H](O)C[C@]1(C)[C@H](C)CC[C@]2(C)C(CO[Si](c3ccccc3)(c3ccccc3)C(C)(C)C)=CCC[C@@H]12. The molecule has 4 aromatic carbocycles. The van der Waals surface area contributed by atoms with Crippen LogP contribution in [0.2, 0.25) is 10.1 Å². The van der Waals surface area contributed by atoms with E-state index < -0.39 is 22.7 Å². The van der Waals surface area contributed by atoms with Crippen LogP contribution >= 0.6 is 0 Å². The number of aliphatic hydroxyl groups is 1. The Morgan fingerprint density at radius 2 is 1.14 bits per heavy atom. The van der Waals surface area contributed by atoms with E-state index in [1.165, 1.54) is 15.9 Å². The largest absolute Gasteiger partial charge is 0.403 e. The van der Waals surface area contributed by atoms with Gasteiger partial charge in [-0.25, -0.2) is 0 Å². The third-order valence-electron chi connectivity index (χ3n) is 14.5. The molecule has 0 unspecified atom stereocenters. The molecule has 0 amide bonds. The van der Waals surface area contributed by atoms with Crippen LogP contribution in [-0.2, 0) is 13.6 Å². The maximum Gasteiger partial charge on any atom is 0.261 e. The molecular formula is C52H68O4Si2. The molecule has 1 fully saturated rings. The summed E-state index contributed by atoms with van der Waals surface area (Å²) in [5, 5.41) is 16.5. The highest BCUT2D eigenvalue weighted by Gasteiger charge is 2.57. The number of carbonyl (C=O) groups excluding carboxylic acids is 1. The van der Waals surface area contributed by atoms with E-state index >= 15 is 0 Å². The Hall–Kier alpha value is -3.66. The highest BCUT2D eigenvalue weighted by atomic mass is 28.4. The van der Waals surface area contributed by atoms with Gasteiger partial charge in [0.15, 0.2) is 5.78 Å². The topological polar surface area (TPSA) is 55.8 Å². The van der Waals surface area contributed by atoms with E-state index in [9.17, 15) is 9.90 Å². The molecule has 0 heterocycles. The standard InChI is InChI=1S/C52H68O4Si2/c1-39-34-35-51(9)41(37-55-57(49(3,4)5,42-25-15-11-16-26-42)43-27-17-12-18-28-43)24-23-33-48(51)52(39,10)36-46(53)40(2)47(54)38-56-58(50(6,7)8,44-29-19-13-20-30-44)45-31-21-14-22-32-45/h11-22,24-32,39,46,48,53H,2,23,33-38H2,1,3-10H3/t39-,46-,48-,51-,52-/m1/s1. The first kappa shape index (κ1) is 43.9. The molecule has 6 rings (SSSR count). The molecule has 58 heavy (non-hydrogen) atoms. The Bertz CT molecular complexity index is 1950. The Kier molecular flexibility index (Phi) is 13.0. The summed E-state index contributed by atoms with van der Waals surface area (Å²) >= 11 is 0.